The third-order valence-corrected chi connectivity index (χ3v) is 4.04. The molecule has 1 fully saturated rings. The Morgan fingerprint density at radius 3 is 2.42 bits per heavy atom. The lowest BCUT2D eigenvalue weighted by Crippen LogP contribution is -2.27. The Morgan fingerprint density at radius 1 is 1.08 bits per heavy atom. The molecule has 1 amide bonds. The average Bonchev–Trinajstić information content (AvgIpc) is 2.97. The first-order valence-electron chi connectivity index (χ1n) is 7.83. The van der Waals surface area contributed by atoms with Gasteiger partial charge in [0.25, 0.3) is 0 Å². The number of rotatable bonds is 5. The summed E-state index contributed by atoms with van der Waals surface area (Å²) in [7, 11) is 1.58. The molecular formula is C19H19NO4. The quantitative estimate of drug-likeness (QED) is 0.626. The van der Waals surface area contributed by atoms with Crippen molar-refractivity contribution in [1.82, 2.24) is 4.90 Å². The summed E-state index contributed by atoms with van der Waals surface area (Å²) in [5, 5.41) is 0. The maximum atomic E-state index is 12.3. The zero-order chi connectivity index (χ0) is 16.9. The van der Waals surface area contributed by atoms with Gasteiger partial charge in [-0.2, -0.15) is 0 Å². The molecule has 1 heterocycles. The summed E-state index contributed by atoms with van der Waals surface area (Å²) in [4.78, 5) is 26.1. The molecule has 0 spiro atoms. The normalized spacial score (nSPS) is 17.0. The van der Waals surface area contributed by atoms with Gasteiger partial charge in [0.05, 0.1) is 13.0 Å². The van der Waals surface area contributed by atoms with E-state index in [1.165, 1.54) is 0 Å². The number of carbonyl (C=O) groups excluding carboxylic acids is 2. The summed E-state index contributed by atoms with van der Waals surface area (Å²) in [5.41, 5.74) is 1.05. The predicted octanol–water partition coefficient (Wildman–Crippen LogP) is 2.65. The number of esters is 1. The van der Waals surface area contributed by atoms with E-state index in [9.17, 15) is 9.59 Å². The Labute approximate surface area is 140 Å². The molecule has 5 heteroatoms. The number of hydrogen-bond acceptors (Lipinski definition) is 4. The summed E-state index contributed by atoms with van der Waals surface area (Å²) < 4.78 is 10.4. The lowest BCUT2D eigenvalue weighted by Gasteiger charge is -2.16. The third-order valence-electron chi connectivity index (χ3n) is 4.04. The van der Waals surface area contributed by atoms with Crippen molar-refractivity contribution < 1.29 is 19.1 Å². The second-order valence-corrected chi connectivity index (χ2v) is 5.76. The highest BCUT2D eigenvalue weighted by molar-refractivity contribution is 5.87. The van der Waals surface area contributed by atoms with Crippen molar-refractivity contribution in [3.05, 3.63) is 60.2 Å². The van der Waals surface area contributed by atoms with Gasteiger partial charge < -0.3 is 14.4 Å². The summed E-state index contributed by atoms with van der Waals surface area (Å²) in [6.07, 6.45) is 0.196. The van der Waals surface area contributed by atoms with Crippen LogP contribution in [0.5, 0.6) is 11.5 Å². The fourth-order valence-electron chi connectivity index (χ4n) is 2.73. The standard InChI is InChI=1S/C19H19NO4/c1-23-16-7-9-17(10-8-16)24-19(22)15-11-18(21)20(13-15)12-14-5-3-2-4-6-14/h2-10,15H,11-13H2,1H3/t15-/m0/s1. The first-order chi connectivity index (χ1) is 11.7. The molecule has 24 heavy (non-hydrogen) atoms. The van der Waals surface area contributed by atoms with Gasteiger partial charge in [-0.3, -0.25) is 9.59 Å². The van der Waals surface area contributed by atoms with Gasteiger partial charge >= 0.3 is 5.97 Å². The molecule has 0 aliphatic carbocycles. The van der Waals surface area contributed by atoms with Crippen molar-refractivity contribution >= 4 is 11.9 Å². The minimum atomic E-state index is -0.427. The minimum Gasteiger partial charge on any atom is -0.497 e. The number of likely N-dealkylation sites (tertiary alicyclic amines) is 1. The Hall–Kier alpha value is -2.82. The molecule has 2 aromatic rings. The summed E-state index contributed by atoms with van der Waals surface area (Å²) in [6.45, 7) is 0.911. The van der Waals surface area contributed by atoms with E-state index in [0.717, 1.165) is 5.56 Å². The molecule has 2 aromatic carbocycles. The van der Waals surface area contributed by atoms with Gasteiger partial charge in [-0.1, -0.05) is 30.3 Å². The zero-order valence-electron chi connectivity index (χ0n) is 13.5. The Balaban J connectivity index is 1.59. The van der Waals surface area contributed by atoms with Crippen LogP contribution in [-0.4, -0.2) is 30.4 Å². The summed E-state index contributed by atoms with van der Waals surface area (Å²) >= 11 is 0. The molecule has 124 valence electrons. The molecule has 0 aromatic heterocycles. The number of benzene rings is 2. The van der Waals surface area contributed by atoms with Crippen molar-refractivity contribution in [2.45, 2.75) is 13.0 Å². The van der Waals surface area contributed by atoms with E-state index in [2.05, 4.69) is 0 Å². The third kappa shape index (κ3) is 3.74. The molecular weight excluding hydrogens is 306 g/mol. The first kappa shape index (κ1) is 16.1. The van der Waals surface area contributed by atoms with Gasteiger partial charge in [0.1, 0.15) is 11.5 Å². The highest BCUT2D eigenvalue weighted by atomic mass is 16.5. The molecule has 0 radical (unpaired) electrons. The van der Waals surface area contributed by atoms with E-state index in [0.29, 0.717) is 24.6 Å². The monoisotopic (exact) mass is 325 g/mol. The maximum Gasteiger partial charge on any atom is 0.316 e. The molecule has 0 saturated carbocycles. The van der Waals surface area contributed by atoms with Gasteiger partial charge in [0.15, 0.2) is 0 Å². The van der Waals surface area contributed by atoms with Crippen molar-refractivity contribution in [1.29, 1.82) is 0 Å². The zero-order valence-corrected chi connectivity index (χ0v) is 13.5. The summed E-state index contributed by atoms with van der Waals surface area (Å²) in [6, 6.07) is 16.5. The number of methoxy groups -OCH3 is 1. The average molecular weight is 325 g/mol. The van der Waals surface area contributed by atoms with E-state index < -0.39 is 5.92 Å². The molecule has 0 bridgehead atoms. The molecule has 3 rings (SSSR count). The van der Waals surface area contributed by atoms with E-state index in [1.807, 2.05) is 30.3 Å². The molecule has 1 saturated heterocycles. The number of ether oxygens (including phenoxy) is 2. The van der Waals surface area contributed by atoms with E-state index >= 15 is 0 Å². The van der Waals surface area contributed by atoms with Crippen LogP contribution >= 0.6 is 0 Å². The topological polar surface area (TPSA) is 55.8 Å². The van der Waals surface area contributed by atoms with Crippen LogP contribution in [-0.2, 0) is 16.1 Å². The molecule has 5 nitrogen and oxygen atoms in total. The number of amides is 1. The second-order valence-electron chi connectivity index (χ2n) is 5.76. The van der Waals surface area contributed by atoms with Gasteiger partial charge in [-0.25, -0.2) is 0 Å². The van der Waals surface area contributed by atoms with Crippen LogP contribution in [0.2, 0.25) is 0 Å². The minimum absolute atomic E-state index is 0.0180. The van der Waals surface area contributed by atoms with Crippen LogP contribution in [0.3, 0.4) is 0 Å². The Morgan fingerprint density at radius 2 is 1.75 bits per heavy atom. The van der Waals surface area contributed by atoms with Crippen LogP contribution in [0.4, 0.5) is 0 Å². The van der Waals surface area contributed by atoms with Crippen molar-refractivity contribution in [3.63, 3.8) is 0 Å². The van der Waals surface area contributed by atoms with Crippen LogP contribution in [0.15, 0.2) is 54.6 Å². The first-order valence-corrected chi connectivity index (χ1v) is 7.83. The predicted molar refractivity (Wildman–Crippen MR) is 88.6 cm³/mol. The fraction of sp³-hybridized carbons (Fsp3) is 0.263. The van der Waals surface area contributed by atoms with Crippen LogP contribution < -0.4 is 9.47 Å². The van der Waals surface area contributed by atoms with Crippen LogP contribution in [0.1, 0.15) is 12.0 Å². The number of nitrogens with zero attached hydrogens (tertiary/aromatic N) is 1. The van der Waals surface area contributed by atoms with E-state index in [-0.39, 0.29) is 18.3 Å². The number of hydrogen-bond donors (Lipinski definition) is 0. The second kappa shape index (κ2) is 7.17. The largest absolute Gasteiger partial charge is 0.497 e. The van der Waals surface area contributed by atoms with Gasteiger partial charge in [-0.05, 0) is 29.8 Å². The van der Waals surface area contributed by atoms with Gasteiger partial charge in [0.2, 0.25) is 5.91 Å². The van der Waals surface area contributed by atoms with Crippen molar-refractivity contribution in [3.8, 4) is 11.5 Å². The van der Waals surface area contributed by atoms with E-state index in [4.69, 9.17) is 9.47 Å². The lowest BCUT2D eigenvalue weighted by atomic mass is 10.1. The van der Waals surface area contributed by atoms with Gasteiger partial charge in [-0.15, -0.1) is 0 Å². The SMILES string of the molecule is COc1ccc(OC(=O)[C@H]2CC(=O)N(Cc3ccccc3)C2)cc1. The van der Waals surface area contributed by atoms with Crippen molar-refractivity contribution in [2.75, 3.05) is 13.7 Å². The molecule has 0 unspecified atom stereocenters. The van der Waals surface area contributed by atoms with E-state index in [1.54, 1.807) is 36.3 Å². The Bertz CT molecular complexity index is 712. The highest BCUT2D eigenvalue weighted by Gasteiger charge is 2.35. The van der Waals surface area contributed by atoms with Crippen molar-refractivity contribution in [2.24, 2.45) is 5.92 Å². The van der Waals surface area contributed by atoms with Crippen LogP contribution in [0, 0.1) is 5.92 Å². The Kier molecular flexibility index (Phi) is 4.79. The molecule has 0 N–H and O–H groups in total. The highest BCUT2D eigenvalue weighted by Crippen LogP contribution is 2.23. The number of carbonyl (C=O) groups is 2. The molecule has 1 atom stereocenters. The fourth-order valence-corrected chi connectivity index (χ4v) is 2.73. The molecule has 1 aliphatic rings. The van der Waals surface area contributed by atoms with Gasteiger partial charge in [0, 0.05) is 19.5 Å². The van der Waals surface area contributed by atoms with Crippen LogP contribution in [0.25, 0.3) is 0 Å². The smallest absolute Gasteiger partial charge is 0.316 e. The summed E-state index contributed by atoms with van der Waals surface area (Å²) in [5.74, 6) is 0.331. The lowest BCUT2D eigenvalue weighted by molar-refractivity contribution is -0.139. The molecule has 1 aliphatic heterocycles. The maximum absolute atomic E-state index is 12.3.